The minimum atomic E-state index is -0.338. The van der Waals surface area contributed by atoms with Gasteiger partial charge in [-0.05, 0) is 42.8 Å². The van der Waals surface area contributed by atoms with Crippen molar-refractivity contribution in [3.05, 3.63) is 60.7 Å². The molecule has 8 nitrogen and oxygen atoms in total. The van der Waals surface area contributed by atoms with Crippen molar-refractivity contribution in [3.8, 4) is 28.5 Å². The Balaban J connectivity index is 1.75. The lowest BCUT2D eigenvalue weighted by Crippen LogP contribution is -2.30. The van der Waals surface area contributed by atoms with E-state index in [1.165, 1.54) is 4.90 Å². The molecule has 5 rings (SSSR count). The molecule has 172 valence electrons. The Labute approximate surface area is 196 Å². The summed E-state index contributed by atoms with van der Waals surface area (Å²) < 4.78 is 13.7. The summed E-state index contributed by atoms with van der Waals surface area (Å²) in [5.74, 6) is 0.948. The first-order valence-electron chi connectivity index (χ1n) is 11.0. The number of carbonyl (C=O) groups is 2. The van der Waals surface area contributed by atoms with Crippen LogP contribution in [-0.2, 0) is 16.6 Å². The zero-order valence-corrected chi connectivity index (χ0v) is 19.4. The fraction of sp³-hybridized carbons (Fsp3) is 0.231. The van der Waals surface area contributed by atoms with Gasteiger partial charge in [-0.25, -0.2) is 4.98 Å². The Morgan fingerprint density at radius 3 is 2.62 bits per heavy atom. The standard InChI is InChI=1S/C26H24N4O4/c1-15-10-22(34-17-6-5-8-27-13-17)19(12-21(15)30-23(31)11-16(2)26(30)32)20-14-29(3)24-18(20)7-9-28-25(24)33-4/h5-10,12-14,16H,11H2,1-4H3. The van der Waals surface area contributed by atoms with Gasteiger partial charge in [-0.2, -0.15) is 0 Å². The highest BCUT2D eigenvalue weighted by molar-refractivity contribution is 6.21. The Bertz CT molecular complexity index is 1430. The van der Waals surface area contributed by atoms with Crippen LogP contribution in [0.1, 0.15) is 18.9 Å². The summed E-state index contributed by atoms with van der Waals surface area (Å²) >= 11 is 0. The summed E-state index contributed by atoms with van der Waals surface area (Å²) in [6.07, 6.45) is 7.18. The normalized spacial score (nSPS) is 15.9. The van der Waals surface area contributed by atoms with Crippen molar-refractivity contribution in [1.29, 1.82) is 0 Å². The Morgan fingerprint density at radius 2 is 1.94 bits per heavy atom. The number of nitrogens with zero attached hydrogens (tertiary/aromatic N) is 4. The zero-order chi connectivity index (χ0) is 24.0. The van der Waals surface area contributed by atoms with E-state index >= 15 is 0 Å². The maximum absolute atomic E-state index is 12.8. The molecule has 1 saturated heterocycles. The van der Waals surface area contributed by atoms with Gasteiger partial charge in [0.15, 0.2) is 0 Å². The molecule has 1 fully saturated rings. The molecular weight excluding hydrogens is 432 g/mol. The summed E-state index contributed by atoms with van der Waals surface area (Å²) in [4.78, 5) is 35.3. The van der Waals surface area contributed by atoms with Crippen LogP contribution in [0.25, 0.3) is 22.0 Å². The molecule has 1 unspecified atom stereocenters. The highest BCUT2D eigenvalue weighted by Gasteiger charge is 2.38. The first-order valence-corrected chi connectivity index (χ1v) is 11.0. The number of carbonyl (C=O) groups excluding carboxylic acids is 2. The summed E-state index contributed by atoms with van der Waals surface area (Å²) in [6, 6.07) is 9.25. The predicted octanol–water partition coefficient (Wildman–Crippen LogP) is 4.64. The molecule has 0 aliphatic carbocycles. The van der Waals surface area contributed by atoms with Gasteiger partial charge in [0, 0.05) is 54.5 Å². The van der Waals surface area contributed by atoms with E-state index in [-0.39, 0.29) is 24.2 Å². The first-order chi connectivity index (χ1) is 16.4. The van der Waals surface area contributed by atoms with Crippen LogP contribution in [0.4, 0.5) is 5.69 Å². The number of hydrogen-bond acceptors (Lipinski definition) is 6. The number of aryl methyl sites for hydroxylation is 2. The van der Waals surface area contributed by atoms with E-state index in [0.29, 0.717) is 23.1 Å². The molecule has 0 spiro atoms. The van der Waals surface area contributed by atoms with Gasteiger partial charge in [0.2, 0.25) is 17.7 Å². The number of rotatable bonds is 5. The maximum Gasteiger partial charge on any atom is 0.238 e. The molecule has 34 heavy (non-hydrogen) atoms. The van der Waals surface area contributed by atoms with Crippen LogP contribution < -0.4 is 14.4 Å². The number of pyridine rings is 2. The Hall–Kier alpha value is -4.20. The summed E-state index contributed by atoms with van der Waals surface area (Å²) in [7, 11) is 3.50. The van der Waals surface area contributed by atoms with Gasteiger partial charge >= 0.3 is 0 Å². The zero-order valence-electron chi connectivity index (χ0n) is 19.4. The maximum atomic E-state index is 12.8. The molecule has 1 aromatic carbocycles. The fourth-order valence-electron chi connectivity index (χ4n) is 4.46. The molecule has 0 N–H and O–H groups in total. The number of methoxy groups -OCH3 is 1. The fourth-order valence-corrected chi connectivity index (χ4v) is 4.46. The van der Waals surface area contributed by atoms with Crippen molar-refractivity contribution in [2.24, 2.45) is 13.0 Å². The number of imide groups is 1. The number of fused-ring (bicyclic) bond motifs is 1. The van der Waals surface area contributed by atoms with Crippen molar-refractivity contribution < 1.29 is 19.1 Å². The van der Waals surface area contributed by atoms with Crippen molar-refractivity contribution in [2.45, 2.75) is 20.3 Å². The van der Waals surface area contributed by atoms with Crippen molar-refractivity contribution in [3.63, 3.8) is 0 Å². The van der Waals surface area contributed by atoms with Gasteiger partial charge in [-0.15, -0.1) is 0 Å². The highest BCUT2D eigenvalue weighted by atomic mass is 16.5. The van der Waals surface area contributed by atoms with Gasteiger partial charge in [-0.1, -0.05) is 6.92 Å². The third-order valence-corrected chi connectivity index (χ3v) is 6.11. The van der Waals surface area contributed by atoms with Crippen molar-refractivity contribution in [2.75, 3.05) is 12.0 Å². The van der Waals surface area contributed by atoms with E-state index in [4.69, 9.17) is 9.47 Å². The molecule has 0 saturated carbocycles. The smallest absolute Gasteiger partial charge is 0.238 e. The third-order valence-electron chi connectivity index (χ3n) is 6.11. The molecule has 1 aliphatic rings. The lowest BCUT2D eigenvalue weighted by molar-refractivity contribution is -0.122. The number of aromatic nitrogens is 3. The summed E-state index contributed by atoms with van der Waals surface area (Å²) in [6.45, 7) is 3.65. The minimum Gasteiger partial charge on any atom is -0.479 e. The van der Waals surface area contributed by atoms with Crippen LogP contribution in [0.2, 0.25) is 0 Å². The number of amides is 2. The lowest BCUT2D eigenvalue weighted by Gasteiger charge is -2.20. The number of benzene rings is 1. The number of anilines is 1. The van der Waals surface area contributed by atoms with E-state index in [0.717, 1.165) is 27.6 Å². The van der Waals surface area contributed by atoms with E-state index in [2.05, 4.69) is 9.97 Å². The van der Waals surface area contributed by atoms with Crippen LogP contribution >= 0.6 is 0 Å². The van der Waals surface area contributed by atoms with Gasteiger partial charge in [0.1, 0.15) is 17.0 Å². The van der Waals surface area contributed by atoms with Crippen LogP contribution in [0.5, 0.6) is 17.4 Å². The molecular formula is C26H24N4O4. The average Bonchev–Trinajstić information content (AvgIpc) is 3.30. The molecule has 0 bridgehead atoms. The predicted molar refractivity (Wildman–Crippen MR) is 128 cm³/mol. The largest absolute Gasteiger partial charge is 0.479 e. The van der Waals surface area contributed by atoms with Gasteiger partial charge in [-0.3, -0.25) is 19.5 Å². The van der Waals surface area contributed by atoms with Crippen molar-refractivity contribution in [1.82, 2.24) is 14.5 Å². The lowest BCUT2D eigenvalue weighted by atomic mass is 10.0. The molecule has 3 aromatic heterocycles. The van der Waals surface area contributed by atoms with Gasteiger partial charge < -0.3 is 14.0 Å². The van der Waals surface area contributed by atoms with Gasteiger partial charge in [0.05, 0.1) is 19.0 Å². The topological polar surface area (TPSA) is 86.6 Å². The number of hydrogen-bond donors (Lipinski definition) is 0. The Morgan fingerprint density at radius 1 is 1.12 bits per heavy atom. The molecule has 8 heteroatoms. The third kappa shape index (κ3) is 3.48. The first kappa shape index (κ1) is 21.6. The molecule has 4 heterocycles. The molecule has 0 radical (unpaired) electrons. The second-order valence-electron chi connectivity index (χ2n) is 8.47. The minimum absolute atomic E-state index is 0.191. The summed E-state index contributed by atoms with van der Waals surface area (Å²) in [5.41, 5.74) is 3.76. The van der Waals surface area contributed by atoms with E-state index < -0.39 is 0 Å². The second-order valence-corrected chi connectivity index (χ2v) is 8.47. The molecule has 2 amide bonds. The molecule has 4 aromatic rings. The molecule has 1 atom stereocenters. The molecule has 1 aliphatic heterocycles. The van der Waals surface area contributed by atoms with Crippen LogP contribution in [0, 0.1) is 12.8 Å². The Kier molecular flexibility index (Phi) is 5.28. The van der Waals surface area contributed by atoms with Crippen LogP contribution in [-0.4, -0.2) is 33.5 Å². The average molecular weight is 457 g/mol. The van der Waals surface area contributed by atoms with Gasteiger partial charge in [0.25, 0.3) is 0 Å². The highest BCUT2D eigenvalue weighted by Crippen LogP contribution is 2.43. The quantitative estimate of drug-likeness (QED) is 0.407. The van der Waals surface area contributed by atoms with Crippen molar-refractivity contribution >= 4 is 28.4 Å². The monoisotopic (exact) mass is 456 g/mol. The second kappa shape index (κ2) is 8.30. The van der Waals surface area contributed by atoms with E-state index in [1.807, 2.05) is 49.0 Å². The SMILES string of the molecule is COc1nccc2c(-c3cc(N4C(=O)CC(C)C4=O)c(C)cc3Oc3cccnc3)cn(C)c12. The van der Waals surface area contributed by atoms with Crippen LogP contribution in [0.15, 0.2) is 55.1 Å². The number of ether oxygens (including phenoxy) is 2. The van der Waals surface area contributed by atoms with E-state index in [1.54, 1.807) is 38.7 Å². The van der Waals surface area contributed by atoms with E-state index in [9.17, 15) is 9.59 Å². The summed E-state index contributed by atoms with van der Waals surface area (Å²) in [5, 5.41) is 0.910. The van der Waals surface area contributed by atoms with Crippen LogP contribution in [0.3, 0.4) is 0 Å².